The third kappa shape index (κ3) is 3.32. The predicted octanol–water partition coefficient (Wildman–Crippen LogP) is 4.14. The van der Waals surface area contributed by atoms with E-state index in [1.807, 2.05) is 0 Å². The molecule has 0 saturated carbocycles. The minimum atomic E-state index is -0.461. The van der Waals surface area contributed by atoms with Crippen LogP contribution in [0.25, 0.3) is 0 Å². The molecule has 1 amide bonds. The maximum absolute atomic E-state index is 13.1. The Morgan fingerprint density at radius 2 is 2.05 bits per heavy atom. The summed E-state index contributed by atoms with van der Waals surface area (Å²) in [5.41, 5.74) is 0.941. The number of carbonyl (C=O) groups excluding carboxylic acids is 1. The first-order chi connectivity index (χ1) is 9.51. The zero-order valence-electron chi connectivity index (χ0n) is 10.5. The number of hydrogen-bond donors (Lipinski definition) is 2. The minimum absolute atomic E-state index is 0.133. The van der Waals surface area contributed by atoms with Crippen molar-refractivity contribution in [1.82, 2.24) is 0 Å². The molecule has 0 aliphatic heterocycles. The van der Waals surface area contributed by atoms with Crippen molar-refractivity contribution in [3.05, 3.63) is 52.3 Å². The SMILES string of the molecule is COc1ccc(NC(=O)c2ccc(F)c(S)c2)cc1Br. The molecule has 0 aliphatic rings. The Morgan fingerprint density at radius 1 is 1.30 bits per heavy atom. The molecule has 0 aliphatic carbocycles. The number of amides is 1. The van der Waals surface area contributed by atoms with E-state index in [2.05, 4.69) is 33.9 Å². The number of nitrogens with one attached hydrogen (secondary N) is 1. The molecule has 0 spiro atoms. The quantitative estimate of drug-likeness (QED) is 0.812. The third-order valence-corrected chi connectivity index (χ3v) is 3.58. The van der Waals surface area contributed by atoms with E-state index in [0.717, 1.165) is 4.47 Å². The number of hydrogen-bond acceptors (Lipinski definition) is 3. The first kappa shape index (κ1) is 14.9. The average molecular weight is 356 g/mol. The van der Waals surface area contributed by atoms with Gasteiger partial charge in [-0.05, 0) is 52.3 Å². The highest BCUT2D eigenvalue weighted by Crippen LogP contribution is 2.28. The lowest BCUT2D eigenvalue weighted by Crippen LogP contribution is -2.12. The lowest BCUT2D eigenvalue weighted by atomic mass is 10.2. The van der Waals surface area contributed by atoms with E-state index in [4.69, 9.17) is 4.74 Å². The Morgan fingerprint density at radius 3 is 2.65 bits per heavy atom. The second-order valence-electron chi connectivity index (χ2n) is 3.97. The Bertz CT molecular complexity index is 664. The summed E-state index contributed by atoms with van der Waals surface area (Å²) in [5.74, 6) is -0.128. The Hall–Kier alpha value is -1.53. The van der Waals surface area contributed by atoms with Crippen molar-refractivity contribution in [3.63, 3.8) is 0 Å². The molecule has 0 atom stereocenters. The molecule has 0 unspecified atom stereocenters. The molecule has 0 aromatic heterocycles. The van der Waals surface area contributed by atoms with Gasteiger partial charge in [0.05, 0.1) is 11.6 Å². The smallest absolute Gasteiger partial charge is 0.255 e. The van der Waals surface area contributed by atoms with Crippen LogP contribution in [0.15, 0.2) is 45.8 Å². The van der Waals surface area contributed by atoms with Gasteiger partial charge in [0, 0.05) is 16.1 Å². The Kier molecular flexibility index (Phi) is 4.67. The minimum Gasteiger partial charge on any atom is -0.496 e. The summed E-state index contributed by atoms with van der Waals surface area (Å²) in [6, 6.07) is 9.17. The van der Waals surface area contributed by atoms with E-state index in [0.29, 0.717) is 17.0 Å². The predicted molar refractivity (Wildman–Crippen MR) is 82.3 cm³/mol. The van der Waals surface area contributed by atoms with Crippen molar-refractivity contribution >= 4 is 40.2 Å². The molecule has 0 radical (unpaired) electrons. The van der Waals surface area contributed by atoms with Crippen LogP contribution in [-0.4, -0.2) is 13.0 Å². The van der Waals surface area contributed by atoms with E-state index in [-0.39, 0.29) is 10.8 Å². The second kappa shape index (κ2) is 6.28. The molecule has 2 rings (SSSR count). The molecule has 2 aromatic rings. The van der Waals surface area contributed by atoms with Gasteiger partial charge in [-0.2, -0.15) is 0 Å². The summed E-state index contributed by atoms with van der Waals surface area (Å²) in [4.78, 5) is 12.2. The number of thiol groups is 1. The van der Waals surface area contributed by atoms with Crippen molar-refractivity contribution in [2.45, 2.75) is 4.90 Å². The van der Waals surface area contributed by atoms with Gasteiger partial charge in [0.25, 0.3) is 5.91 Å². The van der Waals surface area contributed by atoms with Crippen molar-refractivity contribution < 1.29 is 13.9 Å². The first-order valence-electron chi connectivity index (χ1n) is 5.64. The molecule has 0 heterocycles. The van der Waals surface area contributed by atoms with Crippen LogP contribution in [0.5, 0.6) is 5.75 Å². The van der Waals surface area contributed by atoms with E-state index in [1.165, 1.54) is 18.2 Å². The van der Waals surface area contributed by atoms with Gasteiger partial charge >= 0.3 is 0 Å². The molecule has 3 nitrogen and oxygen atoms in total. The molecule has 6 heteroatoms. The zero-order valence-corrected chi connectivity index (χ0v) is 13.0. The van der Waals surface area contributed by atoms with Crippen molar-refractivity contribution in [2.75, 3.05) is 12.4 Å². The highest BCUT2D eigenvalue weighted by molar-refractivity contribution is 9.10. The summed E-state index contributed by atoms with van der Waals surface area (Å²) >= 11 is 7.29. The summed E-state index contributed by atoms with van der Waals surface area (Å²) in [7, 11) is 1.56. The van der Waals surface area contributed by atoms with Crippen LogP contribution in [0.1, 0.15) is 10.4 Å². The van der Waals surface area contributed by atoms with Gasteiger partial charge in [-0.15, -0.1) is 12.6 Å². The van der Waals surface area contributed by atoms with E-state index in [1.54, 1.807) is 25.3 Å². The number of carbonyl (C=O) groups is 1. The molecule has 0 saturated heterocycles. The number of methoxy groups -OCH3 is 1. The fraction of sp³-hybridized carbons (Fsp3) is 0.0714. The topological polar surface area (TPSA) is 38.3 Å². The largest absolute Gasteiger partial charge is 0.496 e. The summed E-state index contributed by atoms with van der Waals surface area (Å²) in [6.07, 6.45) is 0. The number of anilines is 1. The van der Waals surface area contributed by atoms with E-state index < -0.39 is 5.82 Å². The monoisotopic (exact) mass is 355 g/mol. The normalized spacial score (nSPS) is 10.2. The zero-order chi connectivity index (χ0) is 14.7. The maximum Gasteiger partial charge on any atom is 0.255 e. The van der Waals surface area contributed by atoms with Gasteiger partial charge < -0.3 is 10.1 Å². The summed E-state index contributed by atoms with van der Waals surface area (Å²) < 4.78 is 18.9. The van der Waals surface area contributed by atoms with E-state index in [9.17, 15) is 9.18 Å². The van der Waals surface area contributed by atoms with Crippen LogP contribution in [0.4, 0.5) is 10.1 Å². The first-order valence-corrected chi connectivity index (χ1v) is 6.88. The van der Waals surface area contributed by atoms with Gasteiger partial charge in [0.1, 0.15) is 11.6 Å². The molecular weight excluding hydrogens is 345 g/mol. The lowest BCUT2D eigenvalue weighted by molar-refractivity contribution is 0.102. The van der Waals surface area contributed by atoms with Crippen molar-refractivity contribution in [2.24, 2.45) is 0 Å². The van der Waals surface area contributed by atoms with Gasteiger partial charge in [-0.1, -0.05) is 0 Å². The van der Waals surface area contributed by atoms with Crippen LogP contribution in [0, 0.1) is 5.82 Å². The molecule has 0 fully saturated rings. The van der Waals surface area contributed by atoms with Crippen molar-refractivity contribution in [1.29, 1.82) is 0 Å². The fourth-order valence-electron chi connectivity index (χ4n) is 1.60. The Balaban J connectivity index is 2.19. The lowest BCUT2D eigenvalue weighted by Gasteiger charge is -2.08. The summed E-state index contributed by atoms with van der Waals surface area (Å²) in [5, 5.41) is 2.72. The number of benzene rings is 2. The molecule has 0 bridgehead atoms. The number of halogens is 2. The van der Waals surface area contributed by atoms with Crippen LogP contribution >= 0.6 is 28.6 Å². The van der Waals surface area contributed by atoms with Crippen LogP contribution in [-0.2, 0) is 0 Å². The van der Waals surface area contributed by atoms with Crippen LogP contribution in [0.2, 0.25) is 0 Å². The maximum atomic E-state index is 13.1. The number of rotatable bonds is 3. The summed E-state index contributed by atoms with van der Waals surface area (Å²) in [6.45, 7) is 0. The van der Waals surface area contributed by atoms with Gasteiger partial charge in [-0.3, -0.25) is 4.79 Å². The van der Waals surface area contributed by atoms with Crippen molar-refractivity contribution in [3.8, 4) is 5.75 Å². The standard InChI is InChI=1S/C14H11BrFNO2S/c1-19-12-5-3-9(7-10(12)15)17-14(18)8-2-4-11(16)13(20)6-8/h2-7,20H,1H3,(H,17,18). The van der Waals surface area contributed by atoms with E-state index >= 15 is 0 Å². The number of ether oxygens (including phenoxy) is 1. The molecule has 1 N–H and O–H groups in total. The average Bonchev–Trinajstić information content (AvgIpc) is 2.42. The van der Waals surface area contributed by atoms with Gasteiger partial charge in [0.15, 0.2) is 0 Å². The third-order valence-electron chi connectivity index (χ3n) is 2.62. The van der Waals surface area contributed by atoms with Gasteiger partial charge in [-0.25, -0.2) is 4.39 Å². The molecular formula is C14H11BrFNO2S. The highest BCUT2D eigenvalue weighted by atomic mass is 79.9. The highest BCUT2D eigenvalue weighted by Gasteiger charge is 2.09. The molecule has 104 valence electrons. The second-order valence-corrected chi connectivity index (χ2v) is 5.31. The molecule has 20 heavy (non-hydrogen) atoms. The van der Waals surface area contributed by atoms with Crippen LogP contribution < -0.4 is 10.1 Å². The van der Waals surface area contributed by atoms with Crippen LogP contribution in [0.3, 0.4) is 0 Å². The Labute approximate surface area is 129 Å². The van der Waals surface area contributed by atoms with Gasteiger partial charge in [0.2, 0.25) is 0 Å². The molecule has 2 aromatic carbocycles. The fourth-order valence-corrected chi connectivity index (χ4v) is 2.36.